The van der Waals surface area contributed by atoms with Crippen molar-refractivity contribution in [3.63, 3.8) is 0 Å². The largest absolute Gasteiger partial charge is 0.549 e. The molecule has 5 nitrogen and oxygen atoms in total. The lowest BCUT2D eigenvalue weighted by atomic mass is 10.1. The molecule has 2 rings (SSSR count). The molecule has 1 fully saturated rings. The molecule has 0 saturated carbocycles. The predicted molar refractivity (Wildman–Crippen MR) is 76.8 cm³/mol. The Morgan fingerprint density at radius 3 is 2.70 bits per heavy atom. The van der Waals surface area contributed by atoms with Crippen molar-refractivity contribution in [2.24, 2.45) is 4.99 Å². The van der Waals surface area contributed by atoms with Gasteiger partial charge in [0, 0.05) is 13.5 Å². The smallest absolute Gasteiger partial charge is 0.229 e. The molecule has 0 radical (unpaired) electrons. The Morgan fingerprint density at radius 2 is 2.10 bits per heavy atom. The molecule has 1 atom stereocenters. The molecule has 1 aromatic rings. The number of carboxylic acids is 1. The van der Waals surface area contributed by atoms with Gasteiger partial charge in [-0.05, 0) is 37.1 Å². The number of hydrogen-bond acceptors (Lipinski definition) is 5. The number of amidine groups is 1. The second-order valence-corrected chi connectivity index (χ2v) is 5.92. The first kappa shape index (κ1) is 14.6. The van der Waals surface area contributed by atoms with Gasteiger partial charge in [0.15, 0.2) is 5.17 Å². The third-order valence-corrected chi connectivity index (χ3v) is 4.47. The van der Waals surface area contributed by atoms with Crippen molar-refractivity contribution in [3.05, 3.63) is 29.3 Å². The maximum absolute atomic E-state index is 11.8. The Bertz CT molecular complexity index is 598. The average molecular weight is 291 g/mol. The van der Waals surface area contributed by atoms with Gasteiger partial charge in [0.25, 0.3) is 0 Å². The number of aryl methyl sites for hydroxylation is 2. The summed E-state index contributed by atoms with van der Waals surface area (Å²) in [6.45, 7) is 3.98. The second-order valence-electron chi connectivity index (χ2n) is 4.75. The van der Waals surface area contributed by atoms with E-state index in [0.717, 1.165) is 22.9 Å². The molecule has 1 aliphatic rings. The van der Waals surface area contributed by atoms with Crippen LogP contribution in [0.15, 0.2) is 23.2 Å². The zero-order chi connectivity index (χ0) is 14.9. The fourth-order valence-electron chi connectivity index (χ4n) is 1.79. The zero-order valence-corrected chi connectivity index (χ0v) is 12.4. The van der Waals surface area contributed by atoms with Gasteiger partial charge >= 0.3 is 0 Å². The van der Waals surface area contributed by atoms with Crippen LogP contribution >= 0.6 is 11.8 Å². The number of hydrogen-bond donors (Lipinski definition) is 0. The van der Waals surface area contributed by atoms with E-state index >= 15 is 0 Å². The van der Waals surface area contributed by atoms with Crippen molar-refractivity contribution in [3.8, 4) is 0 Å². The summed E-state index contributed by atoms with van der Waals surface area (Å²) in [6, 6.07) is 5.70. The molecular formula is C14H15N2O3S-. The van der Waals surface area contributed by atoms with Crippen molar-refractivity contribution in [2.45, 2.75) is 25.5 Å². The highest BCUT2D eigenvalue weighted by Gasteiger charge is 2.30. The van der Waals surface area contributed by atoms with Crippen molar-refractivity contribution < 1.29 is 14.7 Å². The van der Waals surface area contributed by atoms with Crippen molar-refractivity contribution in [1.29, 1.82) is 0 Å². The van der Waals surface area contributed by atoms with Gasteiger partial charge in [-0.25, -0.2) is 4.99 Å². The van der Waals surface area contributed by atoms with Gasteiger partial charge in [-0.3, -0.25) is 9.69 Å². The minimum Gasteiger partial charge on any atom is -0.549 e. The van der Waals surface area contributed by atoms with Crippen LogP contribution in [0.5, 0.6) is 0 Å². The fourth-order valence-corrected chi connectivity index (χ4v) is 2.78. The summed E-state index contributed by atoms with van der Waals surface area (Å²) in [4.78, 5) is 28.5. The second kappa shape index (κ2) is 5.66. The number of amides is 1. The third kappa shape index (κ3) is 3.01. The van der Waals surface area contributed by atoms with Gasteiger partial charge in [-0.15, -0.1) is 0 Å². The Hall–Kier alpha value is -1.82. The van der Waals surface area contributed by atoms with Crippen LogP contribution in [0.1, 0.15) is 17.5 Å². The normalized spacial score (nSPS) is 21.4. The molecule has 0 N–H and O–H groups in total. The minimum atomic E-state index is -1.23. The highest BCUT2D eigenvalue weighted by atomic mass is 32.2. The summed E-state index contributed by atoms with van der Waals surface area (Å²) < 4.78 is 0. The molecule has 1 aromatic carbocycles. The number of rotatable bonds is 2. The lowest BCUT2D eigenvalue weighted by Crippen LogP contribution is -2.45. The van der Waals surface area contributed by atoms with Crippen LogP contribution in [0.2, 0.25) is 0 Å². The van der Waals surface area contributed by atoms with Gasteiger partial charge in [-0.2, -0.15) is 0 Å². The first-order chi connectivity index (χ1) is 9.38. The van der Waals surface area contributed by atoms with E-state index in [-0.39, 0.29) is 12.3 Å². The summed E-state index contributed by atoms with van der Waals surface area (Å²) in [5.74, 6) is -1.50. The molecule has 1 amide bonds. The van der Waals surface area contributed by atoms with E-state index in [1.165, 1.54) is 4.90 Å². The SMILES string of the molecule is Cc1ccc(N=C2S[C@@H](C(=O)[O-])CC(=O)N2C)cc1C. The molecule has 106 valence electrons. The number of carbonyl (C=O) groups excluding carboxylic acids is 2. The van der Waals surface area contributed by atoms with Gasteiger partial charge in [-0.1, -0.05) is 17.8 Å². The van der Waals surface area contributed by atoms with Gasteiger partial charge in [0.05, 0.1) is 16.9 Å². The van der Waals surface area contributed by atoms with Crippen molar-refractivity contribution >= 4 is 34.5 Å². The molecule has 0 bridgehead atoms. The van der Waals surface area contributed by atoms with E-state index < -0.39 is 11.2 Å². The van der Waals surface area contributed by atoms with E-state index in [1.807, 2.05) is 32.0 Å². The van der Waals surface area contributed by atoms with Crippen LogP contribution in [0, 0.1) is 13.8 Å². The molecule has 1 saturated heterocycles. The van der Waals surface area contributed by atoms with Crippen LogP contribution in [0.25, 0.3) is 0 Å². The number of thioether (sulfide) groups is 1. The number of nitrogens with zero attached hydrogens (tertiary/aromatic N) is 2. The number of carbonyl (C=O) groups is 2. The number of carboxylic acid groups (broad SMARTS) is 1. The first-order valence-electron chi connectivity index (χ1n) is 6.18. The lowest BCUT2D eigenvalue weighted by Gasteiger charge is -2.29. The quantitative estimate of drug-likeness (QED) is 0.815. The summed E-state index contributed by atoms with van der Waals surface area (Å²) in [6.07, 6.45) is -0.0601. The summed E-state index contributed by atoms with van der Waals surface area (Å²) in [7, 11) is 1.60. The van der Waals surface area contributed by atoms with Gasteiger partial charge in [0.2, 0.25) is 5.91 Å². The molecule has 6 heteroatoms. The molecule has 1 heterocycles. The molecule has 20 heavy (non-hydrogen) atoms. The summed E-state index contributed by atoms with van der Waals surface area (Å²) in [5.41, 5.74) is 2.95. The predicted octanol–water partition coefficient (Wildman–Crippen LogP) is 1.00. The Labute approximate surface area is 121 Å². The van der Waals surface area contributed by atoms with Crippen molar-refractivity contribution in [1.82, 2.24) is 4.90 Å². The number of benzene rings is 1. The Morgan fingerprint density at radius 1 is 1.40 bits per heavy atom. The minimum absolute atomic E-state index is 0.0601. The Balaban J connectivity index is 2.32. The fraction of sp³-hybridized carbons (Fsp3) is 0.357. The number of aliphatic carboxylic acids is 1. The maximum atomic E-state index is 11.8. The molecule has 0 unspecified atom stereocenters. The summed E-state index contributed by atoms with van der Waals surface area (Å²) >= 11 is 1.05. The van der Waals surface area contributed by atoms with Crippen LogP contribution in [0.4, 0.5) is 5.69 Å². The van der Waals surface area contributed by atoms with Crippen molar-refractivity contribution in [2.75, 3.05) is 7.05 Å². The highest BCUT2D eigenvalue weighted by Crippen LogP contribution is 2.28. The van der Waals surface area contributed by atoms with E-state index in [1.54, 1.807) is 7.05 Å². The standard InChI is InChI=1S/C14H16N2O3S/c1-8-4-5-10(6-9(8)2)15-14-16(3)12(17)7-11(20-14)13(18)19/h4-6,11H,7H2,1-3H3,(H,18,19)/p-1/t11-/m1/s1. The van der Waals surface area contributed by atoms with E-state index in [9.17, 15) is 14.7 Å². The molecule has 0 aliphatic carbocycles. The van der Waals surface area contributed by atoms with Crippen LogP contribution < -0.4 is 5.11 Å². The Kier molecular flexibility index (Phi) is 4.13. The van der Waals surface area contributed by atoms with E-state index in [0.29, 0.717) is 10.9 Å². The highest BCUT2D eigenvalue weighted by molar-refractivity contribution is 8.15. The average Bonchev–Trinajstić information content (AvgIpc) is 2.38. The molecule has 1 aliphatic heterocycles. The van der Waals surface area contributed by atoms with Crippen LogP contribution in [0.3, 0.4) is 0 Å². The van der Waals surface area contributed by atoms with Crippen LogP contribution in [-0.2, 0) is 9.59 Å². The van der Waals surface area contributed by atoms with Crippen LogP contribution in [-0.4, -0.2) is 34.2 Å². The molecule has 0 spiro atoms. The monoisotopic (exact) mass is 291 g/mol. The first-order valence-corrected chi connectivity index (χ1v) is 7.06. The van der Waals surface area contributed by atoms with E-state index in [2.05, 4.69) is 4.99 Å². The lowest BCUT2D eigenvalue weighted by molar-refractivity contribution is -0.304. The topological polar surface area (TPSA) is 72.8 Å². The number of aliphatic imine (C=N–C) groups is 1. The molecule has 0 aromatic heterocycles. The zero-order valence-electron chi connectivity index (χ0n) is 11.5. The molecular weight excluding hydrogens is 276 g/mol. The maximum Gasteiger partial charge on any atom is 0.229 e. The third-order valence-electron chi connectivity index (χ3n) is 3.25. The van der Waals surface area contributed by atoms with E-state index in [4.69, 9.17) is 0 Å². The van der Waals surface area contributed by atoms with Gasteiger partial charge < -0.3 is 9.90 Å². The van der Waals surface area contributed by atoms with Gasteiger partial charge in [0.1, 0.15) is 0 Å². The summed E-state index contributed by atoms with van der Waals surface area (Å²) in [5, 5.41) is 10.5.